The number of nitrogens with one attached hydrogen (secondary N) is 1. The van der Waals surface area contributed by atoms with E-state index in [9.17, 15) is 9.59 Å². The minimum Gasteiger partial charge on any atom is -0.493 e. The van der Waals surface area contributed by atoms with Crippen LogP contribution in [0.25, 0.3) is 0 Å². The van der Waals surface area contributed by atoms with Gasteiger partial charge < -0.3 is 24.3 Å². The Kier molecular flexibility index (Phi) is 7.34. The second-order valence-corrected chi connectivity index (χ2v) is 6.74. The van der Waals surface area contributed by atoms with Crippen LogP contribution in [0.3, 0.4) is 0 Å². The average Bonchev–Trinajstić information content (AvgIpc) is 2.70. The van der Waals surface area contributed by atoms with Crippen LogP contribution in [0.2, 0.25) is 5.02 Å². The number of benzene rings is 2. The maximum absolute atomic E-state index is 12.7. The molecule has 0 aliphatic rings. The number of amides is 1. The normalized spacial score (nSPS) is 11.4. The number of ether oxygens (including phenoxy) is 4. The molecule has 0 bridgehead atoms. The van der Waals surface area contributed by atoms with Gasteiger partial charge in [0.25, 0.3) is 5.91 Å². The maximum Gasteiger partial charge on any atom is 0.340 e. The fourth-order valence-electron chi connectivity index (χ4n) is 2.73. The fraction of sp³-hybridized carbons (Fsp3) is 0.333. The third-order valence-electron chi connectivity index (χ3n) is 4.28. The van der Waals surface area contributed by atoms with Gasteiger partial charge in [-0.3, -0.25) is 4.79 Å². The molecule has 29 heavy (non-hydrogen) atoms. The molecule has 0 aliphatic carbocycles. The number of aryl methyl sites for hydroxylation is 2. The van der Waals surface area contributed by atoms with Gasteiger partial charge in [-0.05, 0) is 44.0 Å². The van der Waals surface area contributed by atoms with Gasteiger partial charge in [0.2, 0.25) is 0 Å². The van der Waals surface area contributed by atoms with Crippen molar-refractivity contribution in [1.82, 2.24) is 0 Å². The summed E-state index contributed by atoms with van der Waals surface area (Å²) in [6.07, 6.45) is -0.839. The van der Waals surface area contributed by atoms with Crippen molar-refractivity contribution < 1.29 is 28.5 Å². The molecule has 0 saturated heterocycles. The zero-order valence-corrected chi connectivity index (χ0v) is 18.0. The first-order chi connectivity index (χ1) is 13.7. The van der Waals surface area contributed by atoms with Crippen molar-refractivity contribution in [1.29, 1.82) is 0 Å². The molecule has 2 rings (SSSR count). The molecule has 0 heterocycles. The van der Waals surface area contributed by atoms with Crippen molar-refractivity contribution in [3.8, 4) is 17.2 Å². The van der Waals surface area contributed by atoms with E-state index >= 15 is 0 Å². The maximum atomic E-state index is 12.7. The molecule has 8 heteroatoms. The largest absolute Gasteiger partial charge is 0.493 e. The predicted molar refractivity (Wildman–Crippen MR) is 111 cm³/mol. The Morgan fingerprint density at radius 1 is 0.966 bits per heavy atom. The smallest absolute Gasteiger partial charge is 0.340 e. The quantitative estimate of drug-likeness (QED) is 0.675. The minimum absolute atomic E-state index is 0.129. The van der Waals surface area contributed by atoms with Crippen LogP contribution in [0.15, 0.2) is 24.3 Å². The van der Waals surface area contributed by atoms with Gasteiger partial charge in [0.15, 0.2) is 17.6 Å². The highest BCUT2D eigenvalue weighted by atomic mass is 35.5. The number of hydrogen-bond donors (Lipinski definition) is 1. The fourth-order valence-corrected chi connectivity index (χ4v) is 2.84. The molecule has 156 valence electrons. The zero-order chi connectivity index (χ0) is 21.7. The second-order valence-electron chi connectivity index (χ2n) is 6.36. The molecule has 0 aliphatic heterocycles. The lowest BCUT2D eigenvalue weighted by atomic mass is 10.1. The van der Waals surface area contributed by atoms with Crippen molar-refractivity contribution in [2.45, 2.75) is 26.9 Å². The van der Waals surface area contributed by atoms with Crippen LogP contribution in [0.1, 0.15) is 28.4 Å². The van der Waals surface area contributed by atoms with Crippen molar-refractivity contribution in [3.05, 3.63) is 46.0 Å². The van der Waals surface area contributed by atoms with Gasteiger partial charge in [-0.15, -0.1) is 0 Å². The highest BCUT2D eigenvalue weighted by molar-refractivity contribution is 6.32. The molecule has 0 saturated carbocycles. The number of carbonyl (C=O) groups excluding carboxylic acids is 2. The molecule has 1 atom stereocenters. The standard InChI is InChI=1S/C21H24ClNO6/c1-11-7-14(8-12(2)19(11)22)29-13(3)20(24)23-16-10-18(27-5)17(26-4)9-15(16)21(25)28-6/h7-10,13H,1-6H3,(H,23,24)/t13-/m1/s1. The topological polar surface area (TPSA) is 83.1 Å². The van der Waals surface area contributed by atoms with E-state index in [-0.39, 0.29) is 11.3 Å². The Morgan fingerprint density at radius 2 is 1.52 bits per heavy atom. The predicted octanol–water partition coefficient (Wildman–Crippen LogP) is 4.17. The molecule has 7 nitrogen and oxygen atoms in total. The molecule has 0 spiro atoms. The van der Waals surface area contributed by atoms with Crippen LogP contribution >= 0.6 is 11.6 Å². The second kappa shape index (κ2) is 9.52. The van der Waals surface area contributed by atoms with Gasteiger partial charge in [-0.25, -0.2) is 4.79 Å². The highest BCUT2D eigenvalue weighted by Gasteiger charge is 2.22. The van der Waals surface area contributed by atoms with Crippen molar-refractivity contribution >= 4 is 29.2 Å². The first-order valence-corrected chi connectivity index (χ1v) is 9.18. The SMILES string of the molecule is COC(=O)c1cc(OC)c(OC)cc1NC(=O)[C@@H](C)Oc1cc(C)c(Cl)c(C)c1. The number of anilines is 1. The van der Waals surface area contributed by atoms with E-state index in [4.69, 9.17) is 30.5 Å². The summed E-state index contributed by atoms with van der Waals surface area (Å²) >= 11 is 6.17. The molecule has 0 unspecified atom stereocenters. The van der Waals surface area contributed by atoms with E-state index in [0.717, 1.165) is 11.1 Å². The van der Waals surface area contributed by atoms with Crippen molar-refractivity contribution in [2.24, 2.45) is 0 Å². The van der Waals surface area contributed by atoms with Crippen LogP contribution in [0.5, 0.6) is 17.2 Å². The van der Waals surface area contributed by atoms with Gasteiger partial charge in [0, 0.05) is 17.2 Å². The summed E-state index contributed by atoms with van der Waals surface area (Å²) in [5, 5.41) is 3.34. The van der Waals surface area contributed by atoms with E-state index in [2.05, 4.69) is 5.32 Å². The summed E-state index contributed by atoms with van der Waals surface area (Å²) in [5.41, 5.74) is 2.05. The van der Waals surface area contributed by atoms with E-state index in [1.54, 1.807) is 19.1 Å². The van der Waals surface area contributed by atoms with Crippen LogP contribution in [-0.4, -0.2) is 39.3 Å². The minimum atomic E-state index is -0.839. The monoisotopic (exact) mass is 421 g/mol. The number of hydrogen-bond acceptors (Lipinski definition) is 6. The number of halogens is 1. The molecular formula is C21H24ClNO6. The van der Waals surface area contributed by atoms with Gasteiger partial charge >= 0.3 is 5.97 Å². The highest BCUT2D eigenvalue weighted by Crippen LogP contribution is 2.34. The van der Waals surface area contributed by atoms with E-state index in [1.807, 2.05) is 13.8 Å². The molecule has 1 N–H and O–H groups in total. The Balaban J connectivity index is 2.27. The number of esters is 1. The van der Waals surface area contributed by atoms with E-state index < -0.39 is 18.0 Å². The lowest BCUT2D eigenvalue weighted by molar-refractivity contribution is -0.122. The van der Waals surface area contributed by atoms with Crippen molar-refractivity contribution in [3.63, 3.8) is 0 Å². The average molecular weight is 422 g/mol. The molecule has 2 aromatic rings. The zero-order valence-electron chi connectivity index (χ0n) is 17.2. The molecule has 0 fully saturated rings. The number of methoxy groups -OCH3 is 3. The summed E-state index contributed by atoms with van der Waals surface area (Å²) in [5.74, 6) is 0.134. The van der Waals surface area contributed by atoms with E-state index in [1.165, 1.54) is 33.5 Å². The third-order valence-corrected chi connectivity index (χ3v) is 4.88. The first kappa shape index (κ1) is 22.4. The Bertz CT molecular complexity index is 905. The lowest BCUT2D eigenvalue weighted by Crippen LogP contribution is -2.31. The Hall–Kier alpha value is -2.93. The third kappa shape index (κ3) is 5.12. The lowest BCUT2D eigenvalue weighted by Gasteiger charge is -2.18. The Labute approximate surface area is 174 Å². The van der Waals surface area contributed by atoms with Gasteiger partial charge in [-0.1, -0.05) is 11.6 Å². The van der Waals surface area contributed by atoms with Crippen LogP contribution in [-0.2, 0) is 9.53 Å². The number of rotatable bonds is 7. The summed E-state index contributed by atoms with van der Waals surface area (Å²) in [6, 6.07) is 6.45. The van der Waals surface area contributed by atoms with Gasteiger partial charge in [0.1, 0.15) is 5.75 Å². The van der Waals surface area contributed by atoms with Crippen molar-refractivity contribution in [2.75, 3.05) is 26.6 Å². The van der Waals surface area contributed by atoms with Gasteiger partial charge in [-0.2, -0.15) is 0 Å². The Morgan fingerprint density at radius 3 is 2.03 bits per heavy atom. The first-order valence-electron chi connectivity index (χ1n) is 8.80. The molecule has 0 aromatic heterocycles. The van der Waals surface area contributed by atoms with Crippen LogP contribution in [0, 0.1) is 13.8 Å². The van der Waals surface area contributed by atoms with E-state index in [0.29, 0.717) is 22.3 Å². The van der Waals surface area contributed by atoms with Crippen LogP contribution in [0.4, 0.5) is 5.69 Å². The molecule has 1 amide bonds. The summed E-state index contributed by atoms with van der Waals surface area (Å²) in [4.78, 5) is 24.8. The van der Waals surface area contributed by atoms with Crippen LogP contribution < -0.4 is 19.5 Å². The summed E-state index contributed by atoms with van der Waals surface area (Å²) in [7, 11) is 4.16. The molecular weight excluding hydrogens is 398 g/mol. The van der Waals surface area contributed by atoms with Gasteiger partial charge in [0.05, 0.1) is 32.6 Å². The summed E-state index contributed by atoms with van der Waals surface area (Å²) in [6.45, 7) is 5.32. The molecule has 2 aromatic carbocycles. The number of carbonyl (C=O) groups is 2. The summed E-state index contributed by atoms with van der Waals surface area (Å²) < 4.78 is 21.0. The molecule has 0 radical (unpaired) electrons.